The third-order valence-corrected chi connectivity index (χ3v) is 3.02. The van der Waals surface area contributed by atoms with E-state index in [0.717, 1.165) is 15.8 Å². The molecule has 4 heteroatoms. The van der Waals surface area contributed by atoms with E-state index in [-0.39, 0.29) is 0 Å². The molecule has 0 saturated heterocycles. The third-order valence-electron chi connectivity index (χ3n) is 1.92. The molecule has 0 aliphatic carbocycles. The quantitative estimate of drug-likeness (QED) is 0.776. The average molecular weight is 225 g/mol. The zero-order valence-electron chi connectivity index (χ0n) is 7.64. The van der Waals surface area contributed by atoms with Gasteiger partial charge in [0.05, 0.1) is 0 Å². The highest BCUT2D eigenvalue weighted by Gasteiger charge is 2.04. The highest BCUT2D eigenvalue weighted by atomic mass is 35.5. The first-order valence-electron chi connectivity index (χ1n) is 4.16. The zero-order valence-corrected chi connectivity index (χ0v) is 9.22. The summed E-state index contributed by atoms with van der Waals surface area (Å²) >= 11 is 7.42. The molecule has 0 aliphatic heterocycles. The van der Waals surface area contributed by atoms with Crippen molar-refractivity contribution in [3.05, 3.63) is 40.9 Å². The van der Waals surface area contributed by atoms with Crippen LogP contribution in [0.5, 0.6) is 0 Å². The molecule has 2 aromatic rings. The van der Waals surface area contributed by atoms with Gasteiger partial charge in [0.25, 0.3) is 0 Å². The maximum Gasteiger partial charge on any atom is 0.189 e. The van der Waals surface area contributed by atoms with Gasteiger partial charge in [-0.3, -0.25) is 0 Å². The molecule has 72 valence electrons. The molecule has 1 aromatic carbocycles. The molecule has 0 fully saturated rings. The van der Waals surface area contributed by atoms with Crippen LogP contribution in [0.2, 0.25) is 5.02 Å². The Morgan fingerprint density at radius 3 is 2.57 bits per heavy atom. The Hall–Kier alpha value is -1.06. The molecular formula is C10H9ClN2S. The Morgan fingerprint density at radius 1 is 1.29 bits per heavy atom. The van der Waals surface area contributed by atoms with Crippen molar-refractivity contribution in [2.24, 2.45) is 0 Å². The van der Waals surface area contributed by atoms with Crippen LogP contribution in [0.4, 0.5) is 10.8 Å². The summed E-state index contributed by atoms with van der Waals surface area (Å²) < 4.78 is 0. The Labute approximate surface area is 91.8 Å². The summed E-state index contributed by atoms with van der Waals surface area (Å²) in [6.07, 6.45) is 1.80. The molecule has 2 rings (SSSR count). The van der Waals surface area contributed by atoms with Gasteiger partial charge < -0.3 is 4.90 Å². The van der Waals surface area contributed by atoms with Crippen LogP contribution >= 0.6 is 22.9 Å². The lowest BCUT2D eigenvalue weighted by Gasteiger charge is -2.15. The minimum atomic E-state index is 0.751. The molecule has 0 N–H and O–H groups in total. The van der Waals surface area contributed by atoms with E-state index in [4.69, 9.17) is 11.6 Å². The molecule has 1 heterocycles. The summed E-state index contributed by atoms with van der Waals surface area (Å²) in [6, 6.07) is 7.70. The molecule has 2 nitrogen and oxygen atoms in total. The normalized spacial score (nSPS) is 10.1. The van der Waals surface area contributed by atoms with Crippen molar-refractivity contribution < 1.29 is 0 Å². The van der Waals surface area contributed by atoms with Gasteiger partial charge in [-0.15, -0.1) is 11.3 Å². The van der Waals surface area contributed by atoms with Crippen LogP contribution in [0.15, 0.2) is 35.8 Å². The number of hydrogen-bond acceptors (Lipinski definition) is 3. The van der Waals surface area contributed by atoms with Crippen molar-refractivity contribution in [3.8, 4) is 0 Å². The summed E-state index contributed by atoms with van der Waals surface area (Å²) in [5.41, 5.74) is 1.09. The lowest BCUT2D eigenvalue weighted by Crippen LogP contribution is -2.08. The first kappa shape index (κ1) is 9.49. The van der Waals surface area contributed by atoms with Crippen LogP contribution in [0.1, 0.15) is 0 Å². The number of aromatic nitrogens is 1. The second-order valence-electron chi connectivity index (χ2n) is 2.85. The Morgan fingerprint density at radius 2 is 2.00 bits per heavy atom. The average Bonchev–Trinajstić information content (AvgIpc) is 2.71. The van der Waals surface area contributed by atoms with Crippen LogP contribution in [0.25, 0.3) is 0 Å². The lowest BCUT2D eigenvalue weighted by molar-refractivity contribution is 1.17. The molecule has 14 heavy (non-hydrogen) atoms. The fourth-order valence-electron chi connectivity index (χ4n) is 1.16. The molecule has 0 aliphatic rings. The van der Waals surface area contributed by atoms with Crippen molar-refractivity contribution in [2.45, 2.75) is 0 Å². The van der Waals surface area contributed by atoms with E-state index in [1.165, 1.54) is 0 Å². The summed E-state index contributed by atoms with van der Waals surface area (Å²) in [5, 5.41) is 3.69. The third kappa shape index (κ3) is 1.89. The maximum atomic E-state index is 5.81. The van der Waals surface area contributed by atoms with E-state index < -0.39 is 0 Å². The van der Waals surface area contributed by atoms with Gasteiger partial charge in [-0.25, -0.2) is 4.98 Å². The Bertz CT molecular complexity index is 397. The first-order valence-corrected chi connectivity index (χ1v) is 5.42. The van der Waals surface area contributed by atoms with Crippen LogP contribution in [-0.4, -0.2) is 12.0 Å². The van der Waals surface area contributed by atoms with Gasteiger partial charge in [0, 0.05) is 29.3 Å². The summed E-state index contributed by atoms with van der Waals surface area (Å²) in [7, 11) is 1.99. The molecule has 0 unspecified atom stereocenters. The van der Waals surface area contributed by atoms with E-state index in [0.29, 0.717) is 0 Å². The molecule has 0 saturated carbocycles. The maximum absolute atomic E-state index is 5.81. The molecule has 0 bridgehead atoms. The van der Waals surface area contributed by atoms with E-state index >= 15 is 0 Å². The monoisotopic (exact) mass is 224 g/mol. The number of halogens is 1. The second-order valence-corrected chi connectivity index (χ2v) is 4.16. The highest BCUT2D eigenvalue weighted by molar-refractivity contribution is 7.13. The van der Waals surface area contributed by atoms with Crippen LogP contribution in [0.3, 0.4) is 0 Å². The number of nitrogens with zero attached hydrogens (tertiary/aromatic N) is 2. The fourth-order valence-corrected chi connectivity index (χ4v) is 1.91. The minimum absolute atomic E-state index is 0.751. The van der Waals surface area contributed by atoms with E-state index in [1.54, 1.807) is 17.5 Å². The molecule has 0 spiro atoms. The van der Waals surface area contributed by atoms with Gasteiger partial charge in [0.2, 0.25) is 0 Å². The summed E-state index contributed by atoms with van der Waals surface area (Å²) in [4.78, 5) is 6.26. The minimum Gasteiger partial charge on any atom is -0.321 e. The zero-order chi connectivity index (χ0) is 9.97. The van der Waals surface area contributed by atoms with Gasteiger partial charge in [-0.2, -0.15) is 0 Å². The van der Waals surface area contributed by atoms with E-state index in [2.05, 4.69) is 4.98 Å². The molecule has 1 aromatic heterocycles. The van der Waals surface area contributed by atoms with E-state index in [9.17, 15) is 0 Å². The van der Waals surface area contributed by atoms with Crippen molar-refractivity contribution in [1.82, 2.24) is 4.98 Å². The van der Waals surface area contributed by atoms with Gasteiger partial charge in [-0.1, -0.05) is 11.6 Å². The van der Waals surface area contributed by atoms with Crippen LogP contribution < -0.4 is 4.90 Å². The Kier molecular flexibility index (Phi) is 2.70. The first-order chi connectivity index (χ1) is 6.77. The largest absolute Gasteiger partial charge is 0.321 e. The molecule has 0 atom stereocenters. The molecular weight excluding hydrogens is 216 g/mol. The van der Waals surface area contributed by atoms with Crippen molar-refractivity contribution in [2.75, 3.05) is 11.9 Å². The number of benzene rings is 1. The van der Waals surface area contributed by atoms with Gasteiger partial charge in [-0.05, 0) is 24.3 Å². The van der Waals surface area contributed by atoms with Crippen molar-refractivity contribution >= 4 is 33.8 Å². The van der Waals surface area contributed by atoms with Gasteiger partial charge >= 0.3 is 0 Å². The highest BCUT2D eigenvalue weighted by Crippen LogP contribution is 2.25. The molecule has 0 amide bonds. The van der Waals surface area contributed by atoms with Gasteiger partial charge in [0.15, 0.2) is 5.13 Å². The van der Waals surface area contributed by atoms with Crippen molar-refractivity contribution in [3.63, 3.8) is 0 Å². The van der Waals surface area contributed by atoms with Gasteiger partial charge in [0.1, 0.15) is 0 Å². The summed E-state index contributed by atoms with van der Waals surface area (Å²) in [6.45, 7) is 0. The lowest BCUT2D eigenvalue weighted by atomic mass is 10.3. The predicted octanol–water partition coefficient (Wildman–Crippen LogP) is 3.56. The standard InChI is InChI=1S/C10H9ClN2S/c1-13(10-12-6-7-14-10)9-4-2-8(11)3-5-9/h2-7H,1H3. The Balaban J connectivity index is 2.28. The van der Waals surface area contributed by atoms with E-state index in [1.807, 2.05) is 41.6 Å². The number of hydrogen-bond donors (Lipinski definition) is 0. The molecule has 0 radical (unpaired) electrons. The predicted molar refractivity (Wildman–Crippen MR) is 61.6 cm³/mol. The SMILES string of the molecule is CN(c1ccc(Cl)cc1)c1nccs1. The van der Waals surface area contributed by atoms with Crippen LogP contribution in [0, 0.1) is 0 Å². The van der Waals surface area contributed by atoms with Crippen molar-refractivity contribution in [1.29, 1.82) is 0 Å². The topological polar surface area (TPSA) is 16.1 Å². The summed E-state index contributed by atoms with van der Waals surface area (Å²) in [5.74, 6) is 0. The van der Waals surface area contributed by atoms with Crippen LogP contribution in [-0.2, 0) is 0 Å². The number of anilines is 2. The smallest absolute Gasteiger partial charge is 0.189 e. The number of thiazole rings is 1. The fraction of sp³-hybridized carbons (Fsp3) is 0.100. The number of rotatable bonds is 2. The second kappa shape index (κ2) is 3.98.